The Hall–Kier alpha value is -1.58. The summed E-state index contributed by atoms with van der Waals surface area (Å²) in [6.07, 6.45) is 8.79. The number of aliphatic hydroxyl groups is 2. The molecular weight excluding hydrogens is 244 g/mol. The van der Waals surface area contributed by atoms with E-state index in [1.165, 1.54) is 25.7 Å². The maximum absolute atomic E-state index is 11.6. The summed E-state index contributed by atoms with van der Waals surface area (Å²) in [5.41, 5.74) is 0.0542. The Kier molecular flexibility index (Phi) is 6.33. The standard InChI is InChI=1S/C15H22O4/c1-2-3-4-5-6-7-8-9-11-14(18)12(16)10-13(17)15(11)19/h10,16,19H,2-9H2,1H3. The van der Waals surface area contributed by atoms with Crippen LogP contribution in [-0.4, -0.2) is 21.8 Å². The van der Waals surface area contributed by atoms with E-state index in [1.54, 1.807) is 0 Å². The van der Waals surface area contributed by atoms with Gasteiger partial charge in [-0.3, -0.25) is 9.59 Å². The first-order valence-corrected chi connectivity index (χ1v) is 6.99. The van der Waals surface area contributed by atoms with Gasteiger partial charge in [0.05, 0.1) is 0 Å². The van der Waals surface area contributed by atoms with Crippen LogP contribution < -0.4 is 0 Å². The van der Waals surface area contributed by atoms with Gasteiger partial charge in [-0.2, -0.15) is 0 Å². The Labute approximate surface area is 113 Å². The number of hydrogen-bond donors (Lipinski definition) is 2. The van der Waals surface area contributed by atoms with Crippen molar-refractivity contribution < 1.29 is 19.8 Å². The van der Waals surface area contributed by atoms with E-state index in [0.717, 1.165) is 25.3 Å². The van der Waals surface area contributed by atoms with Gasteiger partial charge in [0, 0.05) is 11.6 Å². The minimum Gasteiger partial charge on any atom is -0.504 e. The molecule has 0 bridgehead atoms. The number of allylic oxidation sites excluding steroid dienone is 2. The summed E-state index contributed by atoms with van der Waals surface area (Å²) in [5, 5.41) is 18.8. The van der Waals surface area contributed by atoms with E-state index in [1.807, 2.05) is 0 Å². The fourth-order valence-electron chi connectivity index (χ4n) is 2.16. The van der Waals surface area contributed by atoms with Crippen LogP contribution in [0.4, 0.5) is 0 Å². The highest BCUT2D eigenvalue weighted by atomic mass is 16.3. The summed E-state index contributed by atoms with van der Waals surface area (Å²) in [6.45, 7) is 2.17. The van der Waals surface area contributed by atoms with E-state index in [0.29, 0.717) is 6.42 Å². The molecule has 1 aliphatic carbocycles. The maximum atomic E-state index is 11.6. The van der Waals surface area contributed by atoms with Crippen LogP contribution in [0.1, 0.15) is 58.3 Å². The topological polar surface area (TPSA) is 74.6 Å². The molecule has 0 aromatic rings. The SMILES string of the molecule is CCCCCCCCCC1=C(O)C(=O)C=C(O)C1=O. The van der Waals surface area contributed by atoms with Gasteiger partial charge in [-0.05, 0) is 12.8 Å². The molecule has 0 spiro atoms. The summed E-state index contributed by atoms with van der Waals surface area (Å²) in [4.78, 5) is 22.9. The Morgan fingerprint density at radius 1 is 0.947 bits per heavy atom. The van der Waals surface area contributed by atoms with Gasteiger partial charge >= 0.3 is 0 Å². The Morgan fingerprint density at radius 2 is 1.53 bits per heavy atom. The number of hydrogen-bond acceptors (Lipinski definition) is 4. The summed E-state index contributed by atoms with van der Waals surface area (Å²) < 4.78 is 0. The highest BCUT2D eigenvalue weighted by Crippen LogP contribution is 2.22. The van der Waals surface area contributed by atoms with Crippen molar-refractivity contribution in [2.45, 2.75) is 58.3 Å². The van der Waals surface area contributed by atoms with Crippen LogP contribution in [0.5, 0.6) is 0 Å². The first-order valence-electron chi connectivity index (χ1n) is 6.99. The van der Waals surface area contributed by atoms with Crippen molar-refractivity contribution in [3.63, 3.8) is 0 Å². The number of Topliss-reactive ketones (excluding diaryl/α,β-unsaturated/α-hetero) is 1. The highest BCUT2D eigenvalue weighted by molar-refractivity contribution is 6.20. The minimum atomic E-state index is -0.685. The molecular formula is C15H22O4. The Balaban J connectivity index is 2.34. The minimum absolute atomic E-state index is 0.0542. The zero-order chi connectivity index (χ0) is 14.3. The van der Waals surface area contributed by atoms with Gasteiger partial charge in [-0.1, -0.05) is 45.4 Å². The van der Waals surface area contributed by atoms with Gasteiger partial charge in [0.2, 0.25) is 11.6 Å². The lowest BCUT2D eigenvalue weighted by atomic mass is 9.95. The number of aliphatic hydroxyl groups excluding tert-OH is 2. The number of rotatable bonds is 8. The average Bonchev–Trinajstić information content (AvgIpc) is 2.39. The van der Waals surface area contributed by atoms with Gasteiger partial charge in [0.25, 0.3) is 0 Å². The fourth-order valence-corrected chi connectivity index (χ4v) is 2.16. The molecule has 0 aromatic heterocycles. The summed E-state index contributed by atoms with van der Waals surface area (Å²) in [7, 11) is 0. The molecule has 0 radical (unpaired) electrons. The van der Waals surface area contributed by atoms with Gasteiger partial charge < -0.3 is 10.2 Å². The highest BCUT2D eigenvalue weighted by Gasteiger charge is 2.27. The third-order valence-electron chi connectivity index (χ3n) is 3.32. The molecule has 0 saturated carbocycles. The van der Waals surface area contributed by atoms with E-state index < -0.39 is 23.1 Å². The second-order valence-corrected chi connectivity index (χ2v) is 4.92. The molecule has 0 aliphatic heterocycles. The van der Waals surface area contributed by atoms with Crippen LogP contribution in [0, 0.1) is 0 Å². The van der Waals surface area contributed by atoms with Gasteiger partial charge in [0.1, 0.15) is 0 Å². The first kappa shape index (κ1) is 15.5. The van der Waals surface area contributed by atoms with E-state index in [9.17, 15) is 19.8 Å². The molecule has 1 aliphatic rings. The van der Waals surface area contributed by atoms with Crippen LogP contribution in [-0.2, 0) is 9.59 Å². The second-order valence-electron chi connectivity index (χ2n) is 4.92. The smallest absolute Gasteiger partial charge is 0.227 e. The number of carbonyl (C=O) groups is 2. The summed E-state index contributed by atoms with van der Waals surface area (Å²) >= 11 is 0. The van der Waals surface area contributed by atoms with Crippen molar-refractivity contribution in [3.8, 4) is 0 Å². The molecule has 0 unspecified atom stereocenters. The van der Waals surface area contributed by atoms with Crippen molar-refractivity contribution in [1.82, 2.24) is 0 Å². The van der Waals surface area contributed by atoms with E-state index in [-0.39, 0.29) is 5.57 Å². The molecule has 0 atom stereocenters. The normalized spacial score (nSPS) is 15.9. The quantitative estimate of drug-likeness (QED) is 0.520. The lowest BCUT2D eigenvalue weighted by Crippen LogP contribution is -2.19. The van der Waals surface area contributed by atoms with Gasteiger partial charge in [-0.15, -0.1) is 0 Å². The van der Waals surface area contributed by atoms with E-state index in [4.69, 9.17) is 0 Å². The Morgan fingerprint density at radius 3 is 2.16 bits per heavy atom. The molecule has 0 heterocycles. The molecule has 19 heavy (non-hydrogen) atoms. The molecule has 0 amide bonds. The zero-order valence-corrected chi connectivity index (χ0v) is 11.4. The van der Waals surface area contributed by atoms with Crippen LogP contribution in [0.2, 0.25) is 0 Å². The molecule has 4 nitrogen and oxygen atoms in total. The maximum Gasteiger partial charge on any atom is 0.227 e. The monoisotopic (exact) mass is 266 g/mol. The van der Waals surface area contributed by atoms with Crippen molar-refractivity contribution in [2.24, 2.45) is 0 Å². The summed E-state index contributed by atoms with van der Waals surface area (Å²) in [5.74, 6) is -2.38. The van der Waals surface area contributed by atoms with Crippen molar-refractivity contribution >= 4 is 11.6 Å². The van der Waals surface area contributed by atoms with Crippen LogP contribution in [0.3, 0.4) is 0 Å². The van der Waals surface area contributed by atoms with Crippen molar-refractivity contribution in [3.05, 3.63) is 23.2 Å². The Bertz CT molecular complexity index is 404. The average molecular weight is 266 g/mol. The predicted molar refractivity (Wildman–Crippen MR) is 73.0 cm³/mol. The van der Waals surface area contributed by atoms with Crippen molar-refractivity contribution in [1.29, 1.82) is 0 Å². The molecule has 2 N–H and O–H groups in total. The number of unbranched alkanes of at least 4 members (excludes halogenated alkanes) is 6. The fraction of sp³-hybridized carbons (Fsp3) is 0.600. The lowest BCUT2D eigenvalue weighted by molar-refractivity contribution is -0.119. The summed E-state index contributed by atoms with van der Waals surface area (Å²) in [6, 6.07) is 0. The van der Waals surface area contributed by atoms with Gasteiger partial charge in [0.15, 0.2) is 11.5 Å². The van der Waals surface area contributed by atoms with Crippen LogP contribution in [0.25, 0.3) is 0 Å². The molecule has 0 fully saturated rings. The van der Waals surface area contributed by atoms with Gasteiger partial charge in [-0.25, -0.2) is 0 Å². The second kappa shape index (κ2) is 7.77. The number of carbonyl (C=O) groups excluding carboxylic acids is 2. The molecule has 106 valence electrons. The van der Waals surface area contributed by atoms with Crippen molar-refractivity contribution in [2.75, 3.05) is 0 Å². The molecule has 1 rings (SSSR count). The molecule has 0 aromatic carbocycles. The van der Waals surface area contributed by atoms with Crippen LogP contribution >= 0.6 is 0 Å². The largest absolute Gasteiger partial charge is 0.504 e. The van der Waals surface area contributed by atoms with Crippen LogP contribution in [0.15, 0.2) is 23.2 Å². The number of ketones is 2. The molecule has 4 heteroatoms. The van der Waals surface area contributed by atoms with E-state index in [2.05, 4.69) is 6.92 Å². The van der Waals surface area contributed by atoms with E-state index >= 15 is 0 Å². The predicted octanol–water partition coefficient (Wildman–Crippen LogP) is 3.53. The first-order chi connectivity index (χ1) is 9.07. The third kappa shape index (κ3) is 4.54. The third-order valence-corrected chi connectivity index (χ3v) is 3.32. The zero-order valence-electron chi connectivity index (χ0n) is 11.4. The lowest BCUT2D eigenvalue weighted by Gasteiger charge is -2.12. The molecule has 0 saturated heterocycles.